The Morgan fingerprint density at radius 2 is 1.58 bits per heavy atom. The van der Waals surface area contributed by atoms with Crippen molar-refractivity contribution in [3.63, 3.8) is 0 Å². The van der Waals surface area contributed by atoms with Crippen LogP contribution in [0.1, 0.15) is 86.2 Å². The fraction of sp³-hybridized carbons (Fsp3) is 0.500. The minimum atomic E-state index is -0.163. The van der Waals surface area contributed by atoms with E-state index in [0.29, 0.717) is 18.0 Å². The van der Waals surface area contributed by atoms with E-state index in [1.807, 2.05) is 18.2 Å². The van der Waals surface area contributed by atoms with Crippen molar-refractivity contribution in [2.24, 2.45) is 0 Å². The molecular weight excluding hydrogens is 462 g/mol. The van der Waals surface area contributed by atoms with Crippen LogP contribution in [0.2, 0.25) is 0 Å². The van der Waals surface area contributed by atoms with Crippen molar-refractivity contribution in [1.29, 1.82) is 0 Å². The molecule has 1 saturated heterocycles. The number of likely N-dealkylation sites (tertiary alicyclic amines) is 1. The zero-order chi connectivity index (χ0) is 19.4. The summed E-state index contributed by atoms with van der Waals surface area (Å²) in [6.07, 6.45) is 2.50. The average molecular weight is 505 g/mol. The van der Waals surface area contributed by atoms with Crippen molar-refractivity contribution in [2.45, 2.75) is 80.8 Å². The third-order valence-corrected chi connectivity index (χ3v) is 5.22. The van der Waals surface area contributed by atoms with Gasteiger partial charge in [-0.2, -0.15) is 0 Å². The fourth-order valence-electron chi connectivity index (χ4n) is 3.68. The van der Waals surface area contributed by atoms with Crippen LogP contribution < -0.4 is 0 Å². The van der Waals surface area contributed by atoms with Gasteiger partial charge in [0.2, 0.25) is 0 Å². The predicted molar refractivity (Wildman–Crippen MR) is 131 cm³/mol. The number of halogens is 1. The summed E-state index contributed by atoms with van der Waals surface area (Å²) in [6.45, 7) is 9.90. The number of rotatable bonds is 3. The van der Waals surface area contributed by atoms with Crippen LogP contribution in [-0.4, -0.2) is 27.5 Å². The summed E-state index contributed by atoms with van der Waals surface area (Å²) in [7, 11) is 0. The molecule has 3 aromatic rings. The molecule has 0 bridgehead atoms. The molecule has 0 aliphatic carbocycles. The summed E-state index contributed by atoms with van der Waals surface area (Å²) in [5.74, 6) is 1.46. The maximum atomic E-state index is 12.4. The van der Waals surface area contributed by atoms with Gasteiger partial charge in [-0.25, -0.2) is 9.37 Å². The third kappa shape index (κ3) is 8.40. The largest absolute Gasteiger partial charge is 0.341 e. The predicted octanol–water partition coefficient (Wildman–Crippen LogP) is 7.96. The third-order valence-electron chi connectivity index (χ3n) is 5.22. The topological polar surface area (TPSA) is 31.9 Å². The molecular formula is C26H42FN3Y. The monoisotopic (exact) mass is 504 g/mol. The summed E-state index contributed by atoms with van der Waals surface area (Å²) in [4.78, 5) is 10.7. The molecule has 1 fully saturated rings. The van der Waals surface area contributed by atoms with Crippen LogP contribution in [0.15, 0.2) is 48.5 Å². The molecule has 4 rings (SSSR count). The van der Waals surface area contributed by atoms with Crippen LogP contribution in [0.25, 0.3) is 11.0 Å². The van der Waals surface area contributed by atoms with Crippen molar-refractivity contribution in [2.75, 3.05) is 6.54 Å². The molecule has 0 spiro atoms. The molecule has 171 valence electrons. The molecule has 3 nitrogen and oxygen atoms in total. The molecule has 0 amide bonds. The SMILES string of the molecule is C.C.C.CC(C)N1CCCC1c1nc2ccccc2[nH]1.CC(C)c1ccc(F)cc1.[Y]. The number of nitrogens with zero attached hydrogens (tertiary/aromatic N) is 2. The maximum absolute atomic E-state index is 12.4. The number of fused-ring (bicyclic) bond motifs is 1. The van der Waals surface area contributed by atoms with Crippen LogP contribution in [0, 0.1) is 5.82 Å². The normalized spacial score (nSPS) is 15.3. The van der Waals surface area contributed by atoms with Gasteiger partial charge in [0, 0.05) is 38.8 Å². The number of H-pyrrole nitrogens is 1. The van der Waals surface area contributed by atoms with Crippen molar-refractivity contribution >= 4 is 11.0 Å². The first kappa shape index (κ1) is 32.1. The van der Waals surface area contributed by atoms with E-state index in [1.54, 1.807) is 0 Å². The molecule has 2 aromatic carbocycles. The Morgan fingerprint density at radius 3 is 2.13 bits per heavy atom. The van der Waals surface area contributed by atoms with Gasteiger partial charge in [0.05, 0.1) is 17.1 Å². The van der Waals surface area contributed by atoms with Gasteiger partial charge in [-0.3, -0.25) is 4.90 Å². The number of aromatic amines is 1. The molecule has 2 heterocycles. The summed E-state index contributed by atoms with van der Waals surface area (Å²) >= 11 is 0. The average Bonchev–Trinajstić information content (AvgIpc) is 3.29. The van der Waals surface area contributed by atoms with E-state index in [2.05, 4.69) is 55.8 Å². The van der Waals surface area contributed by atoms with Crippen LogP contribution in [0.3, 0.4) is 0 Å². The standard InChI is InChI=1S/C14H19N3.C9H11F.3CH4.Y/c1-10(2)17-9-5-8-13(17)14-15-11-6-3-4-7-12(11)16-14;1-7(2)8-3-5-9(10)6-4-8;;;;/h3-4,6-7,10,13H,5,8-9H2,1-2H3,(H,15,16);3-7H,1-2H3;3*1H4;. The number of benzene rings is 2. The van der Waals surface area contributed by atoms with Crippen molar-refractivity contribution < 1.29 is 37.1 Å². The number of nitrogens with one attached hydrogen (secondary N) is 1. The quantitative estimate of drug-likeness (QED) is 0.392. The molecule has 1 aliphatic heterocycles. The van der Waals surface area contributed by atoms with Gasteiger partial charge < -0.3 is 4.98 Å². The number of para-hydroxylation sites is 2. The van der Waals surface area contributed by atoms with Crippen molar-refractivity contribution in [3.05, 3.63) is 65.7 Å². The Morgan fingerprint density at radius 1 is 0.968 bits per heavy atom. The first-order valence-corrected chi connectivity index (χ1v) is 9.91. The maximum Gasteiger partial charge on any atom is 0.124 e. The van der Waals surface area contributed by atoms with Crippen molar-refractivity contribution in [3.8, 4) is 0 Å². The Labute approximate surface area is 215 Å². The second-order valence-corrected chi connectivity index (χ2v) is 7.84. The number of hydrogen-bond donors (Lipinski definition) is 1. The van der Waals surface area contributed by atoms with E-state index in [9.17, 15) is 4.39 Å². The number of imidazole rings is 1. The Balaban J connectivity index is 0. The van der Waals surface area contributed by atoms with Gasteiger partial charge in [0.15, 0.2) is 0 Å². The van der Waals surface area contributed by atoms with Crippen molar-refractivity contribution in [1.82, 2.24) is 14.9 Å². The Hall–Kier alpha value is -1.10. The molecule has 0 saturated carbocycles. The van der Waals surface area contributed by atoms with E-state index in [1.165, 1.54) is 37.1 Å². The second kappa shape index (κ2) is 14.9. The van der Waals surface area contributed by atoms with Gasteiger partial charge in [-0.05, 0) is 69.0 Å². The first-order valence-electron chi connectivity index (χ1n) is 9.91. The van der Waals surface area contributed by atoms with Gasteiger partial charge >= 0.3 is 0 Å². The minimum absolute atomic E-state index is 0. The van der Waals surface area contributed by atoms with Crippen LogP contribution in [0.5, 0.6) is 0 Å². The summed E-state index contributed by atoms with van der Waals surface area (Å²) in [5.41, 5.74) is 3.41. The summed E-state index contributed by atoms with van der Waals surface area (Å²) < 4.78 is 12.4. The molecule has 1 unspecified atom stereocenters. The van der Waals surface area contributed by atoms with Crippen LogP contribution >= 0.6 is 0 Å². The smallest absolute Gasteiger partial charge is 0.124 e. The molecule has 1 aromatic heterocycles. The van der Waals surface area contributed by atoms with Gasteiger partial charge in [0.1, 0.15) is 11.6 Å². The Bertz CT molecular complexity index is 825. The molecule has 1 atom stereocenters. The van der Waals surface area contributed by atoms with Crippen LogP contribution in [-0.2, 0) is 32.7 Å². The number of aromatic nitrogens is 2. The van der Waals surface area contributed by atoms with Crippen LogP contribution in [0.4, 0.5) is 4.39 Å². The summed E-state index contributed by atoms with van der Waals surface area (Å²) in [6, 6.07) is 16.0. The molecule has 5 heteroatoms. The van der Waals surface area contributed by atoms with E-state index in [0.717, 1.165) is 16.9 Å². The van der Waals surface area contributed by atoms with Gasteiger partial charge in [-0.1, -0.05) is 60.4 Å². The second-order valence-electron chi connectivity index (χ2n) is 7.84. The molecule has 31 heavy (non-hydrogen) atoms. The summed E-state index contributed by atoms with van der Waals surface area (Å²) in [5, 5.41) is 0. The fourth-order valence-corrected chi connectivity index (χ4v) is 3.68. The van der Waals surface area contributed by atoms with Gasteiger partial charge in [0.25, 0.3) is 0 Å². The van der Waals surface area contributed by atoms with E-state index in [-0.39, 0.29) is 60.8 Å². The number of hydrogen-bond acceptors (Lipinski definition) is 2. The Kier molecular flexibility index (Phi) is 15.4. The van der Waals surface area contributed by atoms with Gasteiger partial charge in [-0.15, -0.1) is 0 Å². The molecule has 1 N–H and O–H groups in total. The molecule has 1 aliphatic rings. The molecule has 1 radical (unpaired) electrons. The zero-order valence-electron chi connectivity index (χ0n) is 17.3. The zero-order valence-corrected chi connectivity index (χ0v) is 20.2. The van der Waals surface area contributed by atoms with E-state index >= 15 is 0 Å². The first-order chi connectivity index (χ1) is 13.0. The van der Waals surface area contributed by atoms with E-state index in [4.69, 9.17) is 4.98 Å². The van der Waals surface area contributed by atoms with E-state index < -0.39 is 0 Å². The minimum Gasteiger partial charge on any atom is -0.341 e.